The van der Waals surface area contributed by atoms with Crippen LogP contribution in [0, 0.1) is 11.8 Å². The summed E-state index contributed by atoms with van der Waals surface area (Å²) in [4.78, 5) is 26.0. The minimum absolute atomic E-state index is 0.0383. The molecule has 0 aliphatic carbocycles. The molecule has 1 aromatic heterocycles. The number of nitrogens with zero attached hydrogens (tertiary/aromatic N) is 3. The zero-order valence-corrected chi connectivity index (χ0v) is 15.2. The van der Waals surface area contributed by atoms with Crippen LogP contribution in [0.2, 0.25) is 0 Å². The molecule has 2 aliphatic rings. The normalized spacial score (nSPS) is 23.6. The van der Waals surface area contributed by atoms with E-state index in [2.05, 4.69) is 15.3 Å². The summed E-state index contributed by atoms with van der Waals surface area (Å²) in [6.45, 7) is 2.18. The van der Waals surface area contributed by atoms with Gasteiger partial charge in [0, 0.05) is 38.7 Å². The maximum atomic E-state index is 12.2. The number of carbonyl (C=O) groups is 1. The fraction of sp³-hybridized carbons (Fsp3) is 0.688. The average molecular weight is 368 g/mol. The lowest BCUT2D eigenvalue weighted by Gasteiger charge is -2.22. The summed E-state index contributed by atoms with van der Waals surface area (Å²) in [5.74, 6) is 0.308. The van der Waals surface area contributed by atoms with Crippen LogP contribution in [0.25, 0.3) is 0 Å². The summed E-state index contributed by atoms with van der Waals surface area (Å²) in [5.41, 5.74) is 0.677. The van der Waals surface area contributed by atoms with Crippen LogP contribution in [0.5, 0.6) is 0 Å². The Morgan fingerprint density at radius 1 is 1.32 bits per heavy atom. The van der Waals surface area contributed by atoms with Crippen molar-refractivity contribution in [2.45, 2.75) is 19.3 Å². The van der Waals surface area contributed by atoms with Crippen molar-refractivity contribution in [3.8, 4) is 0 Å². The van der Waals surface area contributed by atoms with Gasteiger partial charge in [0.1, 0.15) is 9.84 Å². The molecule has 1 atom stereocenters. The summed E-state index contributed by atoms with van der Waals surface area (Å²) in [5, 5.41) is 7.01. The van der Waals surface area contributed by atoms with Gasteiger partial charge in [0.05, 0.1) is 23.4 Å². The van der Waals surface area contributed by atoms with Crippen LogP contribution in [-0.4, -0.2) is 55.2 Å². The Kier molecular flexibility index (Phi) is 5.12. The Morgan fingerprint density at radius 3 is 2.72 bits per heavy atom. The van der Waals surface area contributed by atoms with Gasteiger partial charge in [-0.2, -0.15) is 5.10 Å². The first kappa shape index (κ1) is 17.9. The van der Waals surface area contributed by atoms with Crippen LogP contribution < -0.4 is 15.8 Å². The highest BCUT2D eigenvalue weighted by atomic mass is 32.2. The molecule has 1 aromatic rings. The molecule has 9 heteroatoms. The van der Waals surface area contributed by atoms with Crippen LogP contribution in [0.4, 0.5) is 5.69 Å². The molecule has 3 heterocycles. The second-order valence-electron chi connectivity index (χ2n) is 6.95. The fourth-order valence-corrected chi connectivity index (χ4v) is 4.90. The third kappa shape index (κ3) is 4.39. The van der Waals surface area contributed by atoms with Crippen molar-refractivity contribution in [2.75, 3.05) is 36.0 Å². The van der Waals surface area contributed by atoms with Gasteiger partial charge in [-0.3, -0.25) is 9.59 Å². The number of carbonyl (C=O) groups excluding carboxylic acids is 1. The molecule has 0 unspecified atom stereocenters. The van der Waals surface area contributed by atoms with E-state index in [1.165, 1.54) is 4.68 Å². The van der Waals surface area contributed by atoms with Gasteiger partial charge in [0.2, 0.25) is 5.91 Å². The van der Waals surface area contributed by atoms with E-state index in [4.69, 9.17) is 0 Å². The standard InChI is InChI=1S/C16H24N4O4S/c1-19-15(21)8-14(10-18-19)20-5-2-12(11-20)9-17-16(22)13-3-6-25(23,24)7-4-13/h8,10,12-13H,2-7,9,11H2,1H3,(H,17,22)/t12-/m0/s1. The lowest BCUT2D eigenvalue weighted by molar-refractivity contribution is -0.125. The molecule has 138 valence electrons. The molecule has 0 spiro atoms. The van der Waals surface area contributed by atoms with E-state index >= 15 is 0 Å². The summed E-state index contributed by atoms with van der Waals surface area (Å²) in [6, 6.07) is 1.58. The van der Waals surface area contributed by atoms with E-state index < -0.39 is 9.84 Å². The van der Waals surface area contributed by atoms with Crippen molar-refractivity contribution in [2.24, 2.45) is 18.9 Å². The number of hydrogen-bond acceptors (Lipinski definition) is 6. The maximum absolute atomic E-state index is 12.2. The average Bonchev–Trinajstić information content (AvgIpc) is 3.04. The van der Waals surface area contributed by atoms with Crippen molar-refractivity contribution in [1.82, 2.24) is 15.1 Å². The molecule has 2 saturated heterocycles. The van der Waals surface area contributed by atoms with E-state index in [1.54, 1.807) is 19.3 Å². The van der Waals surface area contributed by atoms with Crippen molar-refractivity contribution in [3.63, 3.8) is 0 Å². The van der Waals surface area contributed by atoms with Gasteiger partial charge in [0.15, 0.2) is 0 Å². The van der Waals surface area contributed by atoms with Crippen molar-refractivity contribution < 1.29 is 13.2 Å². The van der Waals surface area contributed by atoms with E-state index in [9.17, 15) is 18.0 Å². The monoisotopic (exact) mass is 368 g/mol. The van der Waals surface area contributed by atoms with Crippen LogP contribution in [-0.2, 0) is 21.7 Å². The molecular formula is C16H24N4O4S. The van der Waals surface area contributed by atoms with Gasteiger partial charge in [-0.05, 0) is 25.2 Å². The first-order valence-corrected chi connectivity index (χ1v) is 10.4. The fourth-order valence-electron chi connectivity index (χ4n) is 3.41. The molecule has 2 aliphatic heterocycles. The summed E-state index contributed by atoms with van der Waals surface area (Å²) < 4.78 is 24.2. The largest absolute Gasteiger partial charge is 0.370 e. The van der Waals surface area contributed by atoms with Crippen LogP contribution >= 0.6 is 0 Å². The minimum atomic E-state index is -2.94. The molecule has 1 amide bonds. The highest BCUT2D eigenvalue weighted by Gasteiger charge is 2.29. The van der Waals surface area contributed by atoms with E-state index in [0.29, 0.717) is 25.3 Å². The van der Waals surface area contributed by atoms with Crippen LogP contribution in [0.3, 0.4) is 0 Å². The Morgan fingerprint density at radius 2 is 2.04 bits per heavy atom. The Bertz CT molecular complexity index is 791. The molecule has 0 bridgehead atoms. The van der Waals surface area contributed by atoms with Crippen molar-refractivity contribution in [1.29, 1.82) is 0 Å². The van der Waals surface area contributed by atoms with Crippen LogP contribution in [0.1, 0.15) is 19.3 Å². The molecule has 0 radical (unpaired) electrons. The lowest BCUT2D eigenvalue weighted by Crippen LogP contribution is -2.38. The number of nitrogens with one attached hydrogen (secondary N) is 1. The van der Waals surface area contributed by atoms with Gasteiger partial charge in [-0.1, -0.05) is 0 Å². The SMILES string of the molecule is Cn1ncc(N2CC[C@@H](CNC(=O)C3CCS(=O)(=O)CC3)C2)cc1=O. The molecule has 1 N–H and O–H groups in total. The molecule has 3 rings (SSSR count). The Balaban J connectivity index is 1.48. The van der Waals surface area contributed by atoms with Gasteiger partial charge >= 0.3 is 0 Å². The van der Waals surface area contributed by atoms with Crippen molar-refractivity contribution >= 4 is 21.4 Å². The molecule has 0 saturated carbocycles. The summed E-state index contributed by atoms with van der Waals surface area (Å²) in [7, 11) is -1.33. The minimum Gasteiger partial charge on any atom is -0.370 e. The lowest BCUT2D eigenvalue weighted by atomic mass is 10.0. The second kappa shape index (κ2) is 7.15. The number of sulfone groups is 1. The predicted octanol–water partition coefficient (Wildman–Crippen LogP) is -0.452. The summed E-state index contributed by atoms with van der Waals surface area (Å²) in [6.07, 6.45) is 3.47. The van der Waals surface area contributed by atoms with Crippen LogP contribution in [0.15, 0.2) is 17.1 Å². The maximum Gasteiger partial charge on any atom is 0.268 e. The first-order chi connectivity index (χ1) is 11.8. The van der Waals surface area contributed by atoms with Gasteiger partial charge in [-0.25, -0.2) is 13.1 Å². The number of aryl methyl sites for hydroxylation is 1. The van der Waals surface area contributed by atoms with E-state index in [-0.39, 0.29) is 28.9 Å². The number of hydrogen-bond donors (Lipinski definition) is 1. The second-order valence-corrected chi connectivity index (χ2v) is 9.25. The zero-order valence-electron chi connectivity index (χ0n) is 14.3. The number of rotatable bonds is 4. The van der Waals surface area contributed by atoms with Gasteiger partial charge in [-0.15, -0.1) is 0 Å². The summed E-state index contributed by atoms with van der Waals surface area (Å²) >= 11 is 0. The molecular weight excluding hydrogens is 344 g/mol. The molecule has 8 nitrogen and oxygen atoms in total. The van der Waals surface area contributed by atoms with E-state index in [1.807, 2.05) is 0 Å². The predicted molar refractivity (Wildman–Crippen MR) is 94.2 cm³/mol. The van der Waals surface area contributed by atoms with Gasteiger partial charge in [0.25, 0.3) is 5.56 Å². The third-order valence-corrected chi connectivity index (χ3v) is 6.81. The topological polar surface area (TPSA) is 101 Å². The highest BCUT2D eigenvalue weighted by molar-refractivity contribution is 7.91. The smallest absolute Gasteiger partial charge is 0.268 e. The number of amides is 1. The molecule has 0 aromatic carbocycles. The molecule has 25 heavy (non-hydrogen) atoms. The van der Waals surface area contributed by atoms with E-state index in [0.717, 1.165) is 25.2 Å². The van der Waals surface area contributed by atoms with Gasteiger partial charge < -0.3 is 10.2 Å². The molecule has 2 fully saturated rings. The van der Waals surface area contributed by atoms with Crippen molar-refractivity contribution in [3.05, 3.63) is 22.6 Å². The number of anilines is 1. The third-order valence-electron chi connectivity index (χ3n) is 5.09. The highest BCUT2D eigenvalue weighted by Crippen LogP contribution is 2.22. The first-order valence-electron chi connectivity index (χ1n) is 8.60. The quantitative estimate of drug-likeness (QED) is 0.772. The Hall–Kier alpha value is -1.90. The Labute approximate surface area is 147 Å². The zero-order chi connectivity index (χ0) is 18.0. The number of aromatic nitrogens is 2.